The van der Waals surface area contributed by atoms with Crippen LogP contribution in [-0.4, -0.2) is 65.7 Å². The van der Waals surface area contributed by atoms with E-state index < -0.39 is 52.3 Å². The molecule has 0 saturated carbocycles. The van der Waals surface area contributed by atoms with E-state index in [4.69, 9.17) is 14.3 Å². The second-order valence-corrected chi connectivity index (χ2v) is 12.3. The number of alkyl halides is 3. The molecule has 1 N–H and O–H groups in total. The first kappa shape index (κ1) is 34.0. The number of hydrogen-bond donors (Lipinski definition) is 1. The average molecular weight is 669 g/mol. The summed E-state index contributed by atoms with van der Waals surface area (Å²) in [6, 6.07) is 12.5. The smallest absolute Gasteiger partial charge is 0.511 e. The predicted octanol–water partition coefficient (Wildman–Crippen LogP) is 4.71. The monoisotopic (exact) mass is 668 g/mol. The molecule has 1 aliphatic heterocycles. The number of hydrogen-bond acceptors (Lipinski definition) is 10. The van der Waals surface area contributed by atoms with Crippen molar-refractivity contribution in [2.75, 3.05) is 13.1 Å². The van der Waals surface area contributed by atoms with Crippen LogP contribution in [0.4, 0.5) is 18.0 Å². The Labute approximate surface area is 261 Å². The van der Waals surface area contributed by atoms with Crippen molar-refractivity contribution in [2.24, 2.45) is 11.2 Å². The van der Waals surface area contributed by atoms with Gasteiger partial charge in [-0.1, -0.05) is 29.8 Å². The molecule has 18 heteroatoms. The van der Waals surface area contributed by atoms with Crippen LogP contribution in [0.5, 0.6) is 0 Å². The van der Waals surface area contributed by atoms with E-state index in [1.54, 1.807) is 38.1 Å². The molecule has 14 nitrogen and oxygen atoms in total. The minimum Gasteiger partial charge on any atom is -0.569 e. The van der Waals surface area contributed by atoms with Gasteiger partial charge in [0.15, 0.2) is 5.69 Å². The molecule has 2 unspecified atom stereocenters. The van der Waals surface area contributed by atoms with Gasteiger partial charge in [-0.15, -0.1) is 5.01 Å². The second-order valence-electron chi connectivity index (χ2n) is 10.6. The maximum atomic E-state index is 13.5. The van der Waals surface area contributed by atoms with Gasteiger partial charge in [-0.2, -0.15) is 18.3 Å². The van der Waals surface area contributed by atoms with Crippen molar-refractivity contribution >= 4 is 22.1 Å². The Morgan fingerprint density at radius 1 is 1.09 bits per heavy atom. The zero-order valence-corrected chi connectivity index (χ0v) is 25.9. The molecule has 2 aromatic carbocycles. The first-order chi connectivity index (χ1) is 21.5. The molecular formula is C28H31F3N6O8S. The van der Waals surface area contributed by atoms with Crippen molar-refractivity contribution < 1.29 is 50.5 Å². The highest BCUT2D eigenvalue weighted by Gasteiger charge is 2.36. The molecule has 1 aromatic heterocycles. The van der Waals surface area contributed by atoms with Crippen molar-refractivity contribution in [3.05, 3.63) is 71.1 Å². The van der Waals surface area contributed by atoms with E-state index in [2.05, 4.69) is 10.4 Å². The largest absolute Gasteiger partial charge is 0.569 e. The third-order valence-corrected chi connectivity index (χ3v) is 7.98. The number of rotatable bonds is 10. The highest BCUT2D eigenvalue weighted by atomic mass is 32.2. The third kappa shape index (κ3) is 8.43. The van der Waals surface area contributed by atoms with E-state index in [-0.39, 0.29) is 40.8 Å². The van der Waals surface area contributed by atoms with E-state index in [1.165, 1.54) is 19.1 Å². The Kier molecular flexibility index (Phi) is 10.1. The van der Waals surface area contributed by atoms with Crippen LogP contribution >= 0.6 is 0 Å². The van der Waals surface area contributed by atoms with Crippen LogP contribution in [0.15, 0.2) is 64.8 Å². The molecule has 2 atom stereocenters. The number of aromatic nitrogens is 2. The molecule has 4 rings (SSSR count). The second kappa shape index (κ2) is 13.6. The number of aryl methyl sites for hydroxylation is 1. The standard InChI is InChI=1S/C28H31F3N6O8S/c1-17(2)43-27(39)44-19(4)45-34-37(40)35-14-13-21(16-35)26(38)33-46(41,42)23-11-9-22(10-12-23)36-24(15-25(32-36)28(29,30)31)20-7-5-18(3)6-8-20/h5-12,15,17,19,21H,13-14,16H2,1-4H3,(H,33,38)/b37-34+. The molecular weight excluding hydrogens is 637 g/mol. The summed E-state index contributed by atoms with van der Waals surface area (Å²) in [5, 5.41) is 20.3. The zero-order chi connectivity index (χ0) is 33.8. The molecule has 248 valence electrons. The van der Waals surface area contributed by atoms with Crippen LogP contribution in [0.1, 0.15) is 38.4 Å². The van der Waals surface area contributed by atoms with Crippen LogP contribution < -0.4 is 4.72 Å². The fourth-order valence-corrected chi connectivity index (χ4v) is 5.38. The summed E-state index contributed by atoms with van der Waals surface area (Å²) < 4.78 is 79.1. The molecule has 0 radical (unpaired) electrons. The number of nitrogens with one attached hydrogen (secondary N) is 1. The number of ether oxygens (including phenoxy) is 2. The number of benzene rings is 2. The van der Waals surface area contributed by atoms with Gasteiger partial charge in [0, 0.05) is 12.5 Å². The normalized spacial score (nSPS) is 16.3. The molecule has 1 aliphatic rings. The Morgan fingerprint density at radius 3 is 2.35 bits per heavy atom. The van der Waals surface area contributed by atoms with Crippen molar-refractivity contribution in [3.8, 4) is 16.9 Å². The van der Waals surface area contributed by atoms with Crippen molar-refractivity contribution in [3.63, 3.8) is 0 Å². The molecule has 0 aliphatic carbocycles. The van der Waals surface area contributed by atoms with Gasteiger partial charge in [0.25, 0.3) is 16.3 Å². The van der Waals surface area contributed by atoms with Gasteiger partial charge in [0.1, 0.15) is 0 Å². The van der Waals surface area contributed by atoms with Gasteiger partial charge in [-0.05, 0) is 57.5 Å². The van der Waals surface area contributed by atoms with Crippen molar-refractivity contribution in [1.29, 1.82) is 0 Å². The van der Waals surface area contributed by atoms with Crippen LogP contribution in [0.2, 0.25) is 0 Å². The van der Waals surface area contributed by atoms with Gasteiger partial charge in [0.2, 0.25) is 11.2 Å². The first-order valence-corrected chi connectivity index (χ1v) is 15.4. The van der Waals surface area contributed by atoms with E-state index in [0.717, 1.165) is 33.5 Å². The number of amides is 1. The van der Waals surface area contributed by atoms with Crippen molar-refractivity contribution in [1.82, 2.24) is 19.5 Å². The Hall–Kier alpha value is -4.87. The fraction of sp³-hybridized carbons (Fsp3) is 0.393. The van der Waals surface area contributed by atoms with Crippen LogP contribution in [0.25, 0.3) is 16.9 Å². The Bertz CT molecular complexity index is 1690. The molecule has 0 bridgehead atoms. The summed E-state index contributed by atoms with van der Waals surface area (Å²) in [7, 11) is -4.39. The number of hydrazine groups is 1. The average Bonchev–Trinajstić information content (AvgIpc) is 3.65. The third-order valence-electron chi connectivity index (χ3n) is 6.61. The number of carbonyl (C=O) groups excluding carboxylic acids is 2. The summed E-state index contributed by atoms with van der Waals surface area (Å²) in [5.74, 6) is -1.78. The van der Waals surface area contributed by atoms with Gasteiger partial charge in [-0.3, -0.25) is 9.63 Å². The highest BCUT2D eigenvalue weighted by molar-refractivity contribution is 7.90. The topological polar surface area (TPSA) is 167 Å². The molecule has 1 fully saturated rings. The van der Waals surface area contributed by atoms with E-state index >= 15 is 0 Å². The SMILES string of the molecule is Cc1ccc(-c2cc(C(F)(F)F)nn2-c2ccc(S(=O)(=O)NC(=O)C3CCN(/[N+]([O-])=N\OC(C)OC(=O)OC(C)C)C3)cc2)cc1. The number of sulfonamides is 1. The molecule has 1 saturated heterocycles. The number of carbonyl (C=O) groups is 2. The summed E-state index contributed by atoms with van der Waals surface area (Å²) in [4.78, 5) is 28.8. The summed E-state index contributed by atoms with van der Waals surface area (Å²) in [5.41, 5.74) is 0.545. The lowest BCUT2D eigenvalue weighted by molar-refractivity contribution is -0.709. The summed E-state index contributed by atoms with van der Waals surface area (Å²) in [6.07, 6.45) is -7.31. The summed E-state index contributed by atoms with van der Waals surface area (Å²) in [6.45, 7) is 6.21. The number of nitrogens with zero attached hydrogens (tertiary/aromatic N) is 5. The van der Waals surface area contributed by atoms with Gasteiger partial charge < -0.3 is 14.7 Å². The predicted molar refractivity (Wildman–Crippen MR) is 153 cm³/mol. The number of halogens is 3. The van der Waals surface area contributed by atoms with E-state index in [0.29, 0.717) is 5.56 Å². The van der Waals surface area contributed by atoms with E-state index in [1.807, 2.05) is 11.6 Å². The molecule has 1 amide bonds. The Balaban J connectivity index is 1.41. The zero-order valence-electron chi connectivity index (χ0n) is 25.1. The van der Waals surface area contributed by atoms with Crippen molar-refractivity contribution in [2.45, 2.75) is 57.6 Å². The molecule has 3 aromatic rings. The molecule has 0 spiro atoms. The molecule has 46 heavy (non-hydrogen) atoms. The van der Waals surface area contributed by atoms with Crippen LogP contribution in [-0.2, 0) is 35.3 Å². The summed E-state index contributed by atoms with van der Waals surface area (Å²) >= 11 is 0. The minimum absolute atomic E-state index is 0.0426. The van der Waals surface area contributed by atoms with Gasteiger partial charge in [-0.25, -0.2) is 22.6 Å². The maximum Gasteiger partial charge on any atom is 0.511 e. The lowest BCUT2D eigenvalue weighted by atomic mass is 10.1. The van der Waals surface area contributed by atoms with Gasteiger partial charge >= 0.3 is 12.3 Å². The minimum atomic E-state index is -4.71. The molecule has 2 heterocycles. The van der Waals surface area contributed by atoms with E-state index in [9.17, 15) is 36.4 Å². The lowest BCUT2D eigenvalue weighted by Gasteiger charge is -2.14. The maximum absolute atomic E-state index is 13.5. The Morgan fingerprint density at radius 2 is 1.74 bits per heavy atom. The lowest BCUT2D eigenvalue weighted by Crippen LogP contribution is -2.37. The highest BCUT2D eigenvalue weighted by Crippen LogP contribution is 2.33. The van der Waals surface area contributed by atoms with Crippen LogP contribution in [0, 0.1) is 18.0 Å². The quantitative estimate of drug-likeness (QED) is 0.105. The first-order valence-electron chi connectivity index (χ1n) is 13.9. The fourth-order valence-electron chi connectivity index (χ4n) is 4.33. The van der Waals surface area contributed by atoms with Crippen LogP contribution in [0.3, 0.4) is 0 Å². The van der Waals surface area contributed by atoms with Gasteiger partial charge in [0.05, 0.1) is 46.4 Å².